The number of ether oxygens (including phenoxy) is 1. The van der Waals surface area contributed by atoms with Gasteiger partial charge in [0.25, 0.3) is 5.91 Å². The average Bonchev–Trinajstić information content (AvgIpc) is 2.86. The molecule has 0 radical (unpaired) electrons. The lowest BCUT2D eigenvalue weighted by molar-refractivity contribution is -0.914. The highest BCUT2D eigenvalue weighted by molar-refractivity contribution is 7.80. The Morgan fingerprint density at radius 1 is 1.00 bits per heavy atom. The number of hydrogen-bond acceptors (Lipinski definition) is 4. The molecule has 1 aliphatic heterocycles. The lowest BCUT2D eigenvalue weighted by atomic mass is 10.2. The fourth-order valence-corrected chi connectivity index (χ4v) is 4.34. The molecule has 3 aromatic carbocycles. The van der Waals surface area contributed by atoms with E-state index in [9.17, 15) is 4.79 Å². The molecule has 0 aromatic heterocycles. The second-order valence-electron chi connectivity index (χ2n) is 8.32. The van der Waals surface area contributed by atoms with E-state index in [1.165, 1.54) is 11.3 Å². The topological polar surface area (TPSA) is 58.0 Å². The van der Waals surface area contributed by atoms with Crippen molar-refractivity contribution < 1.29 is 14.4 Å². The maximum absolute atomic E-state index is 12.5. The van der Waals surface area contributed by atoms with Gasteiger partial charge in [-0.2, -0.15) is 0 Å². The zero-order valence-electron chi connectivity index (χ0n) is 19.4. The number of thiocarbonyl (C=S) groups is 1. The molecular weight excluding hydrogens is 444 g/mol. The number of piperazine rings is 1. The van der Waals surface area contributed by atoms with Crippen LogP contribution in [0.1, 0.15) is 22.8 Å². The lowest BCUT2D eigenvalue weighted by Crippen LogP contribution is -3.13. The molecule has 6 nitrogen and oxygen atoms in total. The largest absolute Gasteiger partial charge is 0.494 e. The fourth-order valence-electron chi connectivity index (χ4n) is 4.13. The Labute approximate surface area is 206 Å². The van der Waals surface area contributed by atoms with E-state index in [1.54, 1.807) is 23.1 Å². The number of hydrogen-bond donors (Lipinski definition) is 3. The zero-order valence-corrected chi connectivity index (χ0v) is 20.2. The van der Waals surface area contributed by atoms with Crippen LogP contribution >= 0.6 is 12.2 Å². The van der Waals surface area contributed by atoms with E-state index in [-0.39, 0.29) is 11.0 Å². The average molecular weight is 476 g/mol. The summed E-state index contributed by atoms with van der Waals surface area (Å²) in [6.07, 6.45) is 0. The highest BCUT2D eigenvalue weighted by Gasteiger charge is 2.20. The highest BCUT2D eigenvalue weighted by atomic mass is 32.1. The first-order valence-electron chi connectivity index (χ1n) is 11.7. The Hall–Kier alpha value is -3.42. The van der Waals surface area contributed by atoms with E-state index in [0.717, 1.165) is 38.4 Å². The Morgan fingerprint density at radius 3 is 2.44 bits per heavy atom. The highest BCUT2D eigenvalue weighted by Crippen LogP contribution is 2.18. The summed E-state index contributed by atoms with van der Waals surface area (Å²) in [4.78, 5) is 16.5. The summed E-state index contributed by atoms with van der Waals surface area (Å²) in [7, 11) is 0. The number of carbonyl (C=O) groups excluding carboxylic acids is 1. The molecule has 3 aromatic rings. The number of quaternary nitrogens is 1. The van der Waals surface area contributed by atoms with Crippen LogP contribution in [0.15, 0.2) is 78.9 Å². The molecule has 34 heavy (non-hydrogen) atoms. The first kappa shape index (κ1) is 23.7. The zero-order chi connectivity index (χ0) is 23.8. The van der Waals surface area contributed by atoms with Crippen molar-refractivity contribution in [1.82, 2.24) is 5.32 Å². The monoisotopic (exact) mass is 475 g/mol. The van der Waals surface area contributed by atoms with Crippen LogP contribution in [0.5, 0.6) is 5.75 Å². The summed E-state index contributed by atoms with van der Waals surface area (Å²) < 4.78 is 5.46. The molecule has 1 heterocycles. The smallest absolute Gasteiger partial charge is 0.257 e. The molecule has 0 saturated carbocycles. The number of nitrogens with one attached hydrogen (secondary N) is 3. The molecule has 1 amide bonds. The predicted molar refractivity (Wildman–Crippen MR) is 141 cm³/mol. The third-order valence-corrected chi connectivity index (χ3v) is 6.10. The minimum atomic E-state index is -0.272. The van der Waals surface area contributed by atoms with Gasteiger partial charge in [-0.25, -0.2) is 0 Å². The molecule has 3 N–H and O–H groups in total. The first-order chi connectivity index (χ1) is 16.6. The standard InChI is InChI=1S/C27H30N4O2S/c1-2-33-25-10-6-9-22(19-25)26(32)29-27(34)28-23-11-13-24(14-12-23)31-17-15-30(16-18-31)20-21-7-4-3-5-8-21/h3-14,19H,2,15-18,20H2,1H3,(H2,28,29,32,34)/p+1. The summed E-state index contributed by atoms with van der Waals surface area (Å²) in [6, 6.07) is 25.9. The van der Waals surface area contributed by atoms with Gasteiger partial charge in [0.05, 0.1) is 32.8 Å². The lowest BCUT2D eigenvalue weighted by Gasteiger charge is -2.33. The van der Waals surface area contributed by atoms with Crippen LogP contribution in [0.4, 0.5) is 11.4 Å². The van der Waals surface area contributed by atoms with Gasteiger partial charge in [0.2, 0.25) is 0 Å². The second-order valence-corrected chi connectivity index (χ2v) is 8.72. The molecule has 0 aliphatic carbocycles. The minimum absolute atomic E-state index is 0.262. The molecule has 1 aliphatic rings. The molecular formula is C27H31N4O2S+. The van der Waals surface area contributed by atoms with Gasteiger partial charge in [-0.3, -0.25) is 10.1 Å². The van der Waals surface area contributed by atoms with Gasteiger partial charge in [-0.1, -0.05) is 36.4 Å². The van der Waals surface area contributed by atoms with Gasteiger partial charge in [0.1, 0.15) is 12.3 Å². The second kappa shape index (κ2) is 11.6. The molecule has 0 atom stereocenters. The number of benzene rings is 3. The van der Waals surface area contributed by atoms with E-state index >= 15 is 0 Å². The number of rotatable bonds is 7. The van der Waals surface area contributed by atoms with Crippen LogP contribution in [-0.2, 0) is 6.54 Å². The summed E-state index contributed by atoms with van der Waals surface area (Å²) in [5.41, 5.74) is 3.93. The molecule has 1 saturated heterocycles. The summed E-state index contributed by atoms with van der Waals surface area (Å²) in [5, 5.41) is 6.08. The SMILES string of the molecule is CCOc1cccc(C(=O)NC(=S)Nc2ccc(N3CC[NH+](Cc4ccccc4)CC3)cc2)c1. The minimum Gasteiger partial charge on any atom is -0.494 e. The van der Waals surface area contributed by atoms with Crippen LogP contribution in [0, 0.1) is 0 Å². The maximum Gasteiger partial charge on any atom is 0.257 e. The van der Waals surface area contributed by atoms with Gasteiger partial charge in [0, 0.05) is 22.5 Å². The molecule has 0 unspecified atom stereocenters. The Kier molecular flexibility index (Phi) is 8.12. The Morgan fingerprint density at radius 2 is 1.74 bits per heavy atom. The molecule has 1 fully saturated rings. The predicted octanol–water partition coefficient (Wildman–Crippen LogP) is 3.12. The van der Waals surface area contributed by atoms with Crippen molar-refractivity contribution in [2.24, 2.45) is 0 Å². The quantitative estimate of drug-likeness (QED) is 0.459. The van der Waals surface area contributed by atoms with Crippen LogP contribution in [-0.4, -0.2) is 43.8 Å². The molecule has 176 valence electrons. The number of carbonyl (C=O) groups is 1. The number of amides is 1. The van der Waals surface area contributed by atoms with Crippen molar-refractivity contribution in [2.45, 2.75) is 13.5 Å². The molecule has 4 rings (SSSR count). The summed E-state index contributed by atoms with van der Waals surface area (Å²) >= 11 is 5.33. The van der Waals surface area contributed by atoms with Crippen LogP contribution < -0.4 is 25.2 Å². The maximum atomic E-state index is 12.5. The van der Waals surface area contributed by atoms with E-state index in [4.69, 9.17) is 17.0 Å². The number of anilines is 2. The van der Waals surface area contributed by atoms with Crippen LogP contribution in [0.25, 0.3) is 0 Å². The van der Waals surface area contributed by atoms with Gasteiger partial charge in [0.15, 0.2) is 5.11 Å². The Bertz CT molecular complexity index is 1100. The van der Waals surface area contributed by atoms with Crippen molar-refractivity contribution in [1.29, 1.82) is 0 Å². The van der Waals surface area contributed by atoms with E-state index in [0.29, 0.717) is 17.9 Å². The Balaban J connectivity index is 1.25. The van der Waals surface area contributed by atoms with Gasteiger partial charge < -0.3 is 19.9 Å². The summed E-state index contributed by atoms with van der Waals surface area (Å²) in [6.45, 7) is 7.84. The third kappa shape index (κ3) is 6.56. The van der Waals surface area contributed by atoms with Crippen molar-refractivity contribution >= 4 is 34.6 Å². The van der Waals surface area contributed by atoms with Gasteiger partial charge in [-0.15, -0.1) is 0 Å². The fraction of sp³-hybridized carbons (Fsp3) is 0.259. The first-order valence-corrected chi connectivity index (χ1v) is 12.1. The molecule has 7 heteroatoms. The van der Waals surface area contributed by atoms with Crippen LogP contribution in [0.3, 0.4) is 0 Å². The third-order valence-electron chi connectivity index (χ3n) is 5.89. The van der Waals surface area contributed by atoms with E-state index in [1.807, 2.05) is 25.1 Å². The summed E-state index contributed by atoms with van der Waals surface area (Å²) in [5.74, 6) is 0.388. The van der Waals surface area contributed by atoms with Gasteiger partial charge in [-0.05, 0) is 61.6 Å². The van der Waals surface area contributed by atoms with Gasteiger partial charge >= 0.3 is 0 Å². The van der Waals surface area contributed by atoms with Crippen molar-refractivity contribution in [3.63, 3.8) is 0 Å². The van der Waals surface area contributed by atoms with E-state index in [2.05, 4.69) is 58.0 Å². The van der Waals surface area contributed by atoms with E-state index < -0.39 is 0 Å². The molecule has 0 bridgehead atoms. The number of nitrogens with zero attached hydrogens (tertiary/aromatic N) is 1. The van der Waals surface area contributed by atoms with Crippen molar-refractivity contribution in [3.8, 4) is 5.75 Å². The van der Waals surface area contributed by atoms with Crippen molar-refractivity contribution in [3.05, 3.63) is 90.0 Å². The molecule has 0 spiro atoms. The van der Waals surface area contributed by atoms with Crippen molar-refractivity contribution in [2.75, 3.05) is 43.0 Å². The normalized spacial score (nSPS) is 13.9. The van der Waals surface area contributed by atoms with Crippen LogP contribution in [0.2, 0.25) is 0 Å².